The summed E-state index contributed by atoms with van der Waals surface area (Å²) in [6, 6.07) is 12.1. The topological polar surface area (TPSA) is 67.4 Å². The van der Waals surface area contributed by atoms with Crippen LogP contribution in [0.1, 0.15) is 10.4 Å². The van der Waals surface area contributed by atoms with Gasteiger partial charge in [-0.05, 0) is 42.5 Å². The second-order valence-corrected chi connectivity index (χ2v) is 4.48. The summed E-state index contributed by atoms with van der Waals surface area (Å²) in [6.07, 6.45) is 0. The number of hydrogen-bond donors (Lipinski definition) is 2. The van der Waals surface area contributed by atoms with Gasteiger partial charge in [0.15, 0.2) is 0 Å². The molecule has 0 saturated carbocycles. The highest BCUT2D eigenvalue weighted by Crippen LogP contribution is 2.12. The molecular weight excluding hydrogens is 287 g/mol. The summed E-state index contributed by atoms with van der Waals surface area (Å²) in [5.74, 6) is -1.10. The molecule has 2 aromatic rings. The third kappa shape index (κ3) is 4.31. The van der Waals surface area contributed by atoms with Crippen molar-refractivity contribution in [2.45, 2.75) is 0 Å². The number of ether oxygens (including phenoxy) is 1. The fraction of sp³-hybridized carbons (Fsp3) is 0.125. The zero-order chi connectivity index (χ0) is 15.9. The molecule has 2 aromatic carbocycles. The van der Waals surface area contributed by atoms with E-state index >= 15 is 0 Å². The van der Waals surface area contributed by atoms with Crippen LogP contribution in [0, 0.1) is 5.82 Å². The number of benzene rings is 2. The molecule has 0 aliphatic rings. The SMILES string of the molecule is COC(=O)c1cccc(NC(=O)CNc2ccc(F)cc2)c1. The Morgan fingerprint density at radius 3 is 2.50 bits per heavy atom. The van der Waals surface area contributed by atoms with Crippen molar-refractivity contribution < 1.29 is 18.7 Å². The van der Waals surface area contributed by atoms with E-state index in [-0.39, 0.29) is 18.3 Å². The number of methoxy groups -OCH3 is 1. The van der Waals surface area contributed by atoms with Gasteiger partial charge >= 0.3 is 5.97 Å². The average Bonchev–Trinajstić information content (AvgIpc) is 2.54. The lowest BCUT2D eigenvalue weighted by atomic mass is 10.2. The van der Waals surface area contributed by atoms with E-state index in [2.05, 4.69) is 15.4 Å². The predicted molar refractivity (Wildman–Crippen MR) is 81.3 cm³/mol. The van der Waals surface area contributed by atoms with Gasteiger partial charge in [0.05, 0.1) is 19.2 Å². The van der Waals surface area contributed by atoms with Crippen LogP contribution in [-0.2, 0) is 9.53 Å². The average molecular weight is 302 g/mol. The lowest BCUT2D eigenvalue weighted by Gasteiger charge is -2.08. The van der Waals surface area contributed by atoms with E-state index in [0.29, 0.717) is 16.9 Å². The van der Waals surface area contributed by atoms with Crippen LogP contribution in [0.3, 0.4) is 0 Å². The second kappa shape index (κ2) is 7.21. The molecule has 0 radical (unpaired) electrons. The van der Waals surface area contributed by atoms with Crippen molar-refractivity contribution in [2.24, 2.45) is 0 Å². The van der Waals surface area contributed by atoms with Crippen LogP contribution in [0.4, 0.5) is 15.8 Å². The standard InChI is InChI=1S/C16H15FN2O3/c1-22-16(21)11-3-2-4-14(9-11)19-15(20)10-18-13-7-5-12(17)6-8-13/h2-9,18H,10H2,1H3,(H,19,20). The van der Waals surface area contributed by atoms with Crippen LogP contribution in [0.25, 0.3) is 0 Å². The van der Waals surface area contributed by atoms with E-state index in [1.54, 1.807) is 30.3 Å². The van der Waals surface area contributed by atoms with Gasteiger partial charge in [0.25, 0.3) is 0 Å². The number of esters is 1. The van der Waals surface area contributed by atoms with Crippen molar-refractivity contribution in [3.05, 3.63) is 59.9 Å². The van der Waals surface area contributed by atoms with Crippen LogP contribution in [0.2, 0.25) is 0 Å². The molecular formula is C16H15FN2O3. The Balaban J connectivity index is 1.91. The summed E-state index contributed by atoms with van der Waals surface area (Å²) < 4.78 is 17.4. The van der Waals surface area contributed by atoms with E-state index in [4.69, 9.17) is 0 Å². The van der Waals surface area contributed by atoms with Gasteiger partial charge < -0.3 is 15.4 Å². The Kier molecular flexibility index (Phi) is 5.08. The van der Waals surface area contributed by atoms with E-state index in [9.17, 15) is 14.0 Å². The third-order valence-corrected chi connectivity index (χ3v) is 2.86. The smallest absolute Gasteiger partial charge is 0.337 e. The van der Waals surface area contributed by atoms with Crippen molar-refractivity contribution in [3.63, 3.8) is 0 Å². The summed E-state index contributed by atoms with van der Waals surface area (Å²) in [7, 11) is 1.29. The lowest BCUT2D eigenvalue weighted by molar-refractivity contribution is -0.114. The largest absolute Gasteiger partial charge is 0.465 e. The van der Waals surface area contributed by atoms with Gasteiger partial charge in [-0.1, -0.05) is 6.07 Å². The molecule has 0 spiro atoms. The highest BCUT2D eigenvalue weighted by molar-refractivity contribution is 5.96. The molecule has 0 heterocycles. The van der Waals surface area contributed by atoms with Gasteiger partial charge in [0, 0.05) is 11.4 Å². The normalized spacial score (nSPS) is 9.91. The number of hydrogen-bond acceptors (Lipinski definition) is 4. The van der Waals surface area contributed by atoms with Gasteiger partial charge in [0.1, 0.15) is 5.82 Å². The molecule has 0 atom stereocenters. The van der Waals surface area contributed by atoms with Crippen molar-refractivity contribution in [3.8, 4) is 0 Å². The lowest BCUT2D eigenvalue weighted by Crippen LogP contribution is -2.21. The summed E-state index contributed by atoms with van der Waals surface area (Å²) in [4.78, 5) is 23.3. The maximum Gasteiger partial charge on any atom is 0.337 e. The van der Waals surface area contributed by atoms with Gasteiger partial charge in [0.2, 0.25) is 5.91 Å². The van der Waals surface area contributed by atoms with Crippen LogP contribution in [0.15, 0.2) is 48.5 Å². The Morgan fingerprint density at radius 2 is 1.82 bits per heavy atom. The minimum absolute atomic E-state index is 0.0219. The van der Waals surface area contributed by atoms with Crippen LogP contribution < -0.4 is 10.6 Å². The van der Waals surface area contributed by atoms with Gasteiger partial charge in [-0.15, -0.1) is 0 Å². The molecule has 5 nitrogen and oxygen atoms in total. The highest BCUT2D eigenvalue weighted by atomic mass is 19.1. The van der Waals surface area contributed by atoms with Gasteiger partial charge in [-0.2, -0.15) is 0 Å². The van der Waals surface area contributed by atoms with Gasteiger partial charge in [-0.3, -0.25) is 4.79 Å². The summed E-state index contributed by atoms with van der Waals surface area (Å²) >= 11 is 0. The molecule has 0 unspecified atom stereocenters. The molecule has 0 aliphatic carbocycles. The minimum atomic E-state index is -0.472. The third-order valence-electron chi connectivity index (χ3n) is 2.86. The highest BCUT2D eigenvalue weighted by Gasteiger charge is 2.07. The van der Waals surface area contributed by atoms with Crippen LogP contribution in [0.5, 0.6) is 0 Å². The molecule has 0 saturated heterocycles. The van der Waals surface area contributed by atoms with E-state index in [1.807, 2.05) is 0 Å². The van der Waals surface area contributed by atoms with E-state index in [1.165, 1.54) is 25.3 Å². The maximum atomic E-state index is 12.8. The molecule has 0 aromatic heterocycles. The first kappa shape index (κ1) is 15.5. The summed E-state index contributed by atoms with van der Waals surface area (Å²) in [5, 5.41) is 5.53. The van der Waals surface area contributed by atoms with Crippen molar-refractivity contribution in [1.82, 2.24) is 0 Å². The fourth-order valence-electron chi connectivity index (χ4n) is 1.80. The number of amides is 1. The predicted octanol–water partition coefficient (Wildman–Crippen LogP) is 2.66. The molecule has 6 heteroatoms. The summed E-state index contributed by atoms with van der Waals surface area (Å²) in [5.41, 5.74) is 1.49. The quantitative estimate of drug-likeness (QED) is 0.833. The Bertz CT molecular complexity index is 671. The molecule has 2 rings (SSSR count). The number of halogens is 1. The molecule has 1 amide bonds. The Hall–Kier alpha value is -2.89. The minimum Gasteiger partial charge on any atom is -0.465 e. The van der Waals surface area contributed by atoms with Crippen LogP contribution in [-0.4, -0.2) is 25.5 Å². The molecule has 2 N–H and O–H groups in total. The number of rotatable bonds is 5. The monoisotopic (exact) mass is 302 g/mol. The summed E-state index contributed by atoms with van der Waals surface area (Å²) in [6.45, 7) is 0.0219. The number of anilines is 2. The molecule has 114 valence electrons. The van der Waals surface area contributed by atoms with E-state index in [0.717, 1.165) is 0 Å². The number of nitrogens with one attached hydrogen (secondary N) is 2. The molecule has 0 aliphatic heterocycles. The van der Waals surface area contributed by atoms with Gasteiger partial charge in [-0.25, -0.2) is 9.18 Å². The Labute approximate surface area is 127 Å². The molecule has 22 heavy (non-hydrogen) atoms. The van der Waals surface area contributed by atoms with Crippen molar-refractivity contribution in [2.75, 3.05) is 24.3 Å². The van der Waals surface area contributed by atoms with Crippen LogP contribution >= 0.6 is 0 Å². The maximum absolute atomic E-state index is 12.8. The zero-order valence-electron chi connectivity index (χ0n) is 11.9. The van der Waals surface area contributed by atoms with Crippen molar-refractivity contribution >= 4 is 23.3 Å². The zero-order valence-corrected chi connectivity index (χ0v) is 11.9. The van der Waals surface area contributed by atoms with Crippen molar-refractivity contribution in [1.29, 1.82) is 0 Å². The Morgan fingerprint density at radius 1 is 1.09 bits per heavy atom. The number of carbonyl (C=O) groups is 2. The fourth-order valence-corrected chi connectivity index (χ4v) is 1.80. The van der Waals surface area contributed by atoms with E-state index < -0.39 is 5.97 Å². The first-order valence-electron chi connectivity index (χ1n) is 6.56. The molecule has 0 fully saturated rings. The second-order valence-electron chi connectivity index (χ2n) is 4.48. The first-order valence-corrected chi connectivity index (χ1v) is 6.56. The first-order chi connectivity index (χ1) is 10.6. The number of carbonyl (C=O) groups excluding carboxylic acids is 2. The molecule has 0 bridgehead atoms.